The number of carbonyl (C=O) groups excluding carboxylic acids is 1. The van der Waals surface area contributed by atoms with E-state index in [9.17, 15) is 9.18 Å². The van der Waals surface area contributed by atoms with Crippen molar-refractivity contribution in [3.8, 4) is 0 Å². The Morgan fingerprint density at radius 2 is 1.91 bits per heavy atom. The van der Waals surface area contributed by atoms with E-state index in [4.69, 9.17) is 4.98 Å². The molecule has 1 aliphatic heterocycles. The van der Waals surface area contributed by atoms with Gasteiger partial charge in [-0.1, -0.05) is 32.9 Å². The molecule has 0 unspecified atom stereocenters. The van der Waals surface area contributed by atoms with E-state index in [-0.39, 0.29) is 5.91 Å². The van der Waals surface area contributed by atoms with Gasteiger partial charge in [-0.05, 0) is 80.6 Å². The number of piperidine rings is 1. The minimum absolute atomic E-state index is 0.156. The molecular weight excluding hydrogens is 427 g/mol. The molecule has 5 nitrogen and oxygen atoms in total. The first-order valence-corrected chi connectivity index (χ1v) is 12.7. The maximum atomic E-state index is 13.7. The second-order valence-corrected chi connectivity index (χ2v) is 9.70. The van der Waals surface area contributed by atoms with Gasteiger partial charge in [-0.2, -0.15) is 0 Å². The van der Waals surface area contributed by atoms with Crippen LogP contribution in [0.2, 0.25) is 0 Å². The van der Waals surface area contributed by atoms with Crippen LogP contribution in [0.15, 0.2) is 42.5 Å². The zero-order valence-electron chi connectivity index (χ0n) is 20.8. The highest BCUT2D eigenvalue weighted by molar-refractivity contribution is 5.94. The third-order valence-electron chi connectivity index (χ3n) is 6.81. The van der Waals surface area contributed by atoms with Gasteiger partial charge >= 0.3 is 0 Å². The first-order valence-electron chi connectivity index (χ1n) is 12.7. The fourth-order valence-electron chi connectivity index (χ4n) is 4.89. The van der Waals surface area contributed by atoms with Crippen molar-refractivity contribution < 1.29 is 9.18 Å². The summed E-state index contributed by atoms with van der Waals surface area (Å²) in [6.45, 7) is 11.7. The number of likely N-dealkylation sites (tertiary alicyclic amines) is 1. The number of imidazole rings is 1. The fraction of sp³-hybridized carbons (Fsp3) is 0.500. The molecule has 0 bridgehead atoms. The molecule has 0 atom stereocenters. The van der Waals surface area contributed by atoms with Crippen LogP contribution >= 0.6 is 0 Å². The lowest BCUT2D eigenvalue weighted by molar-refractivity contribution is 0.0736. The largest absolute Gasteiger partial charge is 0.331 e. The van der Waals surface area contributed by atoms with Crippen LogP contribution in [0.4, 0.5) is 4.39 Å². The number of hydrogen-bond acceptors (Lipinski definition) is 3. The smallest absolute Gasteiger partial charge is 0.254 e. The number of benzene rings is 2. The second kappa shape index (κ2) is 11.1. The number of hydrogen-bond donors (Lipinski definition) is 0. The zero-order valence-corrected chi connectivity index (χ0v) is 20.8. The highest BCUT2D eigenvalue weighted by Crippen LogP contribution is 2.23. The van der Waals surface area contributed by atoms with E-state index >= 15 is 0 Å². The number of aryl methyl sites for hydroxylation is 1. The van der Waals surface area contributed by atoms with Gasteiger partial charge in [-0.3, -0.25) is 9.69 Å². The summed E-state index contributed by atoms with van der Waals surface area (Å²) >= 11 is 0. The molecule has 1 fully saturated rings. The molecule has 0 radical (unpaired) electrons. The summed E-state index contributed by atoms with van der Waals surface area (Å²) in [5, 5.41) is 0. The monoisotopic (exact) mass is 464 g/mol. The van der Waals surface area contributed by atoms with Gasteiger partial charge in [-0.15, -0.1) is 0 Å². The lowest BCUT2D eigenvalue weighted by Crippen LogP contribution is -2.32. The minimum atomic E-state index is -0.392. The van der Waals surface area contributed by atoms with E-state index in [0.29, 0.717) is 18.7 Å². The molecule has 182 valence electrons. The van der Waals surface area contributed by atoms with Gasteiger partial charge in [-0.25, -0.2) is 9.37 Å². The molecule has 0 spiro atoms. The second-order valence-electron chi connectivity index (χ2n) is 9.70. The first kappa shape index (κ1) is 24.4. The molecule has 6 heteroatoms. The summed E-state index contributed by atoms with van der Waals surface area (Å²) in [5.41, 5.74) is 3.77. The van der Waals surface area contributed by atoms with Crippen LogP contribution in [0.5, 0.6) is 0 Å². The van der Waals surface area contributed by atoms with Crippen molar-refractivity contribution in [1.82, 2.24) is 19.4 Å². The molecule has 2 heterocycles. The van der Waals surface area contributed by atoms with Gasteiger partial charge in [0.05, 0.1) is 17.6 Å². The SMILES string of the molecule is CCCN(Cc1nc2cc(CN3CCC(C)CC3)ccc2n1CCC)C(=O)c1cccc(F)c1. The Kier molecular flexibility index (Phi) is 7.99. The predicted octanol–water partition coefficient (Wildman–Crippen LogP) is 5.87. The van der Waals surface area contributed by atoms with Gasteiger partial charge in [0.2, 0.25) is 0 Å². The Labute approximate surface area is 202 Å². The van der Waals surface area contributed by atoms with Crippen molar-refractivity contribution in [2.24, 2.45) is 5.92 Å². The average Bonchev–Trinajstić information content (AvgIpc) is 3.16. The summed E-state index contributed by atoms with van der Waals surface area (Å²) in [7, 11) is 0. The zero-order chi connectivity index (χ0) is 24.1. The summed E-state index contributed by atoms with van der Waals surface area (Å²) in [4.78, 5) is 22.5. The van der Waals surface area contributed by atoms with E-state index in [1.165, 1.54) is 30.5 Å². The minimum Gasteiger partial charge on any atom is -0.331 e. The number of nitrogens with zero attached hydrogens (tertiary/aromatic N) is 4. The quantitative estimate of drug-likeness (QED) is 0.398. The first-order chi connectivity index (χ1) is 16.5. The molecule has 0 aliphatic carbocycles. The third-order valence-corrected chi connectivity index (χ3v) is 6.81. The fourth-order valence-corrected chi connectivity index (χ4v) is 4.89. The standard InChI is InChI=1S/C28H37FN4O/c1-4-13-32(28(34)23-7-6-8-24(29)18-23)20-27-30-25-17-22(9-10-26(25)33(27)14-5-2)19-31-15-11-21(3)12-16-31/h6-10,17-18,21H,4-5,11-16,19-20H2,1-3H3. The van der Waals surface area contributed by atoms with Crippen LogP contribution in [0.3, 0.4) is 0 Å². The van der Waals surface area contributed by atoms with E-state index in [2.05, 4.69) is 48.4 Å². The Morgan fingerprint density at radius 1 is 1.12 bits per heavy atom. The van der Waals surface area contributed by atoms with Crippen molar-refractivity contribution in [3.63, 3.8) is 0 Å². The lowest BCUT2D eigenvalue weighted by Gasteiger charge is -2.30. The van der Waals surface area contributed by atoms with Crippen LogP contribution in [0, 0.1) is 11.7 Å². The average molecular weight is 465 g/mol. The van der Waals surface area contributed by atoms with Gasteiger partial charge in [0, 0.05) is 25.2 Å². The lowest BCUT2D eigenvalue weighted by atomic mass is 9.99. The molecule has 0 saturated carbocycles. The summed E-state index contributed by atoms with van der Waals surface area (Å²) in [6.07, 6.45) is 4.35. The van der Waals surface area contributed by atoms with Crippen molar-refractivity contribution in [3.05, 3.63) is 65.2 Å². The Balaban J connectivity index is 1.59. The van der Waals surface area contributed by atoms with Crippen molar-refractivity contribution in [1.29, 1.82) is 0 Å². The molecule has 4 rings (SSSR count). The molecule has 1 aromatic heterocycles. The topological polar surface area (TPSA) is 41.4 Å². The molecular formula is C28H37FN4O. The van der Waals surface area contributed by atoms with Gasteiger partial charge in [0.1, 0.15) is 11.6 Å². The van der Waals surface area contributed by atoms with Crippen molar-refractivity contribution in [2.45, 2.75) is 66.1 Å². The number of carbonyl (C=O) groups is 1. The van der Waals surface area contributed by atoms with E-state index in [1.807, 2.05) is 0 Å². The molecule has 0 N–H and O–H groups in total. The molecule has 2 aromatic carbocycles. The molecule has 1 aliphatic rings. The van der Waals surface area contributed by atoms with Crippen molar-refractivity contribution in [2.75, 3.05) is 19.6 Å². The van der Waals surface area contributed by atoms with Crippen LogP contribution < -0.4 is 0 Å². The number of fused-ring (bicyclic) bond motifs is 1. The molecule has 3 aromatic rings. The maximum absolute atomic E-state index is 13.7. The predicted molar refractivity (Wildman–Crippen MR) is 135 cm³/mol. The van der Waals surface area contributed by atoms with Crippen LogP contribution in [0.25, 0.3) is 11.0 Å². The summed E-state index contributed by atoms with van der Waals surface area (Å²) in [6, 6.07) is 12.6. The molecule has 1 saturated heterocycles. The highest BCUT2D eigenvalue weighted by Gasteiger charge is 2.21. The van der Waals surface area contributed by atoms with Crippen LogP contribution in [-0.4, -0.2) is 44.9 Å². The van der Waals surface area contributed by atoms with Crippen molar-refractivity contribution >= 4 is 16.9 Å². The van der Waals surface area contributed by atoms with Gasteiger partial charge < -0.3 is 9.47 Å². The van der Waals surface area contributed by atoms with Crippen LogP contribution in [0.1, 0.15) is 68.2 Å². The summed E-state index contributed by atoms with van der Waals surface area (Å²) < 4.78 is 16.0. The summed E-state index contributed by atoms with van der Waals surface area (Å²) in [5.74, 6) is 1.17. The highest BCUT2D eigenvalue weighted by atomic mass is 19.1. The van der Waals surface area contributed by atoms with E-state index < -0.39 is 5.82 Å². The number of rotatable bonds is 9. The van der Waals surface area contributed by atoms with E-state index in [1.54, 1.807) is 17.0 Å². The third kappa shape index (κ3) is 5.66. The van der Waals surface area contributed by atoms with Gasteiger partial charge in [0.25, 0.3) is 5.91 Å². The van der Waals surface area contributed by atoms with E-state index in [0.717, 1.165) is 61.8 Å². The van der Waals surface area contributed by atoms with Crippen LogP contribution in [-0.2, 0) is 19.6 Å². The molecule has 34 heavy (non-hydrogen) atoms. The Morgan fingerprint density at radius 3 is 2.62 bits per heavy atom. The normalized spacial score (nSPS) is 15.2. The number of halogens is 1. The van der Waals surface area contributed by atoms with Gasteiger partial charge in [0.15, 0.2) is 0 Å². The Hall–Kier alpha value is -2.73. The Bertz CT molecular complexity index is 1120. The number of amides is 1. The number of aromatic nitrogens is 2. The maximum Gasteiger partial charge on any atom is 0.254 e. The molecule has 1 amide bonds.